The molecule has 2 unspecified atom stereocenters. The van der Waals surface area contributed by atoms with Crippen LogP contribution in [0.3, 0.4) is 0 Å². The van der Waals surface area contributed by atoms with Gasteiger partial charge in [-0.2, -0.15) is 0 Å². The number of ether oxygens (including phenoxy) is 4. The van der Waals surface area contributed by atoms with Gasteiger partial charge in [-0.05, 0) is 55.7 Å². The molecular formula is C18H25BrO4. The van der Waals surface area contributed by atoms with Crippen LogP contribution in [0.4, 0.5) is 0 Å². The smallest absolute Gasteiger partial charge is 0.158 e. The molecule has 2 saturated heterocycles. The van der Waals surface area contributed by atoms with Crippen LogP contribution in [0.15, 0.2) is 22.7 Å². The molecule has 5 heteroatoms. The van der Waals surface area contributed by atoms with Gasteiger partial charge in [0.15, 0.2) is 12.6 Å². The van der Waals surface area contributed by atoms with Gasteiger partial charge in [-0.3, -0.25) is 0 Å². The maximum Gasteiger partial charge on any atom is 0.158 e. The fraction of sp³-hybridized carbons (Fsp3) is 0.667. The lowest BCUT2D eigenvalue weighted by molar-refractivity contribution is -0.169. The van der Waals surface area contributed by atoms with E-state index in [1.54, 1.807) is 0 Å². The second kappa shape index (κ2) is 9.14. The summed E-state index contributed by atoms with van der Waals surface area (Å²) in [5.74, 6) is 0. The van der Waals surface area contributed by atoms with Gasteiger partial charge in [0.05, 0.1) is 13.2 Å². The van der Waals surface area contributed by atoms with Crippen LogP contribution in [-0.2, 0) is 32.2 Å². The Labute approximate surface area is 146 Å². The van der Waals surface area contributed by atoms with Gasteiger partial charge in [0.2, 0.25) is 0 Å². The number of rotatable bonds is 6. The van der Waals surface area contributed by atoms with Crippen LogP contribution in [0, 0.1) is 0 Å². The van der Waals surface area contributed by atoms with E-state index < -0.39 is 0 Å². The lowest BCUT2D eigenvalue weighted by atomic mass is 10.1. The average Bonchev–Trinajstić information content (AvgIpc) is 2.62. The molecule has 2 fully saturated rings. The van der Waals surface area contributed by atoms with Crippen molar-refractivity contribution in [3.05, 3.63) is 33.8 Å². The van der Waals surface area contributed by atoms with Gasteiger partial charge in [-0.1, -0.05) is 28.1 Å². The monoisotopic (exact) mass is 384 g/mol. The highest BCUT2D eigenvalue weighted by Gasteiger charge is 2.16. The van der Waals surface area contributed by atoms with Crippen molar-refractivity contribution in [2.24, 2.45) is 0 Å². The van der Waals surface area contributed by atoms with Crippen molar-refractivity contribution in [2.45, 2.75) is 64.3 Å². The molecule has 2 atom stereocenters. The number of halogens is 1. The molecule has 128 valence electrons. The lowest BCUT2D eigenvalue weighted by Gasteiger charge is -2.23. The molecule has 0 saturated carbocycles. The van der Waals surface area contributed by atoms with Crippen LogP contribution in [-0.4, -0.2) is 25.8 Å². The third-order valence-corrected chi connectivity index (χ3v) is 5.02. The largest absolute Gasteiger partial charge is 0.353 e. The Hall–Kier alpha value is -0.460. The van der Waals surface area contributed by atoms with Crippen LogP contribution in [0.1, 0.15) is 49.7 Å². The Balaban J connectivity index is 1.50. The highest BCUT2D eigenvalue weighted by Crippen LogP contribution is 2.23. The molecule has 0 spiro atoms. The van der Waals surface area contributed by atoms with Gasteiger partial charge in [-0.25, -0.2) is 0 Å². The standard InChI is InChI=1S/C18H25BrO4/c19-16-8-7-14(12-22-17-5-1-3-9-20-17)11-15(16)13-23-18-6-2-4-10-21-18/h7-8,11,17-18H,1-6,9-10,12-13H2. The summed E-state index contributed by atoms with van der Waals surface area (Å²) in [4.78, 5) is 0. The summed E-state index contributed by atoms with van der Waals surface area (Å²) in [7, 11) is 0. The fourth-order valence-corrected chi connectivity index (χ4v) is 3.25. The molecule has 0 amide bonds. The summed E-state index contributed by atoms with van der Waals surface area (Å²) >= 11 is 3.60. The van der Waals surface area contributed by atoms with E-state index in [4.69, 9.17) is 18.9 Å². The summed E-state index contributed by atoms with van der Waals surface area (Å²) in [5.41, 5.74) is 2.27. The molecule has 0 aromatic heterocycles. The van der Waals surface area contributed by atoms with E-state index in [-0.39, 0.29) is 12.6 Å². The minimum absolute atomic E-state index is 0.0530. The topological polar surface area (TPSA) is 36.9 Å². The van der Waals surface area contributed by atoms with E-state index in [2.05, 4.69) is 34.1 Å². The van der Waals surface area contributed by atoms with Crippen LogP contribution < -0.4 is 0 Å². The van der Waals surface area contributed by atoms with Gasteiger partial charge in [0.1, 0.15) is 0 Å². The first-order valence-corrected chi connectivity index (χ1v) is 9.34. The highest BCUT2D eigenvalue weighted by atomic mass is 79.9. The first-order chi connectivity index (χ1) is 11.3. The van der Waals surface area contributed by atoms with E-state index >= 15 is 0 Å². The van der Waals surface area contributed by atoms with E-state index in [9.17, 15) is 0 Å². The minimum Gasteiger partial charge on any atom is -0.353 e. The Morgan fingerprint density at radius 2 is 1.57 bits per heavy atom. The van der Waals surface area contributed by atoms with E-state index in [0.717, 1.165) is 54.5 Å². The SMILES string of the molecule is Brc1ccc(COC2CCCCO2)cc1COC1CCCCO1. The maximum atomic E-state index is 5.88. The van der Waals surface area contributed by atoms with Crippen molar-refractivity contribution in [3.63, 3.8) is 0 Å². The average molecular weight is 385 g/mol. The third kappa shape index (κ3) is 5.54. The van der Waals surface area contributed by atoms with E-state index in [0.29, 0.717) is 13.2 Å². The quantitative estimate of drug-likeness (QED) is 0.721. The molecule has 23 heavy (non-hydrogen) atoms. The van der Waals surface area contributed by atoms with Gasteiger partial charge in [-0.15, -0.1) is 0 Å². The summed E-state index contributed by atoms with van der Waals surface area (Å²) < 4.78 is 24.0. The first kappa shape index (κ1) is 17.4. The highest BCUT2D eigenvalue weighted by molar-refractivity contribution is 9.10. The molecule has 2 aliphatic heterocycles. The second-order valence-electron chi connectivity index (χ2n) is 6.14. The Kier molecular flexibility index (Phi) is 6.90. The molecule has 0 aliphatic carbocycles. The van der Waals surface area contributed by atoms with Gasteiger partial charge in [0, 0.05) is 17.7 Å². The molecule has 2 aliphatic rings. The van der Waals surface area contributed by atoms with Crippen LogP contribution in [0.5, 0.6) is 0 Å². The number of hydrogen-bond acceptors (Lipinski definition) is 4. The van der Waals surface area contributed by atoms with Crippen LogP contribution in [0.25, 0.3) is 0 Å². The summed E-state index contributed by atoms with van der Waals surface area (Å²) in [6, 6.07) is 6.27. The maximum absolute atomic E-state index is 5.88. The summed E-state index contributed by atoms with van der Waals surface area (Å²) in [6.45, 7) is 2.75. The van der Waals surface area contributed by atoms with Crippen molar-refractivity contribution < 1.29 is 18.9 Å². The molecule has 0 N–H and O–H groups in total. The number of hydrogen-bond donors (Lipinski definition) is 0. The Morgan fingerprint density at radius 3 is 2.17 bits per heavy atom. The zero-order valence-corrected chi connectivity index (χ0v) is 15.1. The second-order valence-corrected chi connectivity index (χ2v) is 6.99. The summed E-state index contributed by atoms with van der Waals surface area (Å²) in [5, 5.41) is 0. The number of benzene rings is 1. The molecule has 0 radical (unpaired) electrons. The molecule has 1 aromatic carbocycles. The molecular weight excluding hydrogens is 360 g/mol. The molecule has 4 nitrogen and oxygen atoms in total. The van der Waals surface area contributed by atoms with Gasteiger partial charge in [0.25, 0.3) is 0 Å². The zero-order valence-electron chi connectivity index (χ0n) is 13.5. The van der Waals surface area contributed by atoms with E-state index in [1.165, 1.54) is 12.8 Å². The van der Waals surface area contributed by atoms with Gasteiger partial charge < -0.3 is 18.9 Å². The van der Waals surface area contributed by atoms with E-state index in [1.807, 2.05) is 0 Å². The third-order valence-electron chi connectivity index (χ3n) is 4.25. The minimum atomic E-state index is -0.0637. The summed E-state index contributed by atoms with van der Waals surface area (Å²) in [6.07, 6.45) is 6.51. The molecule has 0 bridgehead atoms. The fourth-order valence-electron chi connectivity index (χ4n) is 2.89. The van der Waals surface area contributed by atoms with Crippen molar-refractivity contribution in [1.29, 1.82) is 0 Å². The van der Waals surface area contributed by atoms with Gasteiger partial charge >= 0.3 is 0 Å². The van der Waals surface area contributed by atoms with Crippen molar-refractivity contribution in [1.82, 2.24) is 0 Å². The van der Waals surface area contributed by atoms with Crippen molar-refractivity contribution >= 4 is 15.9 Å². The predicted molar refractivity (Wildman–Crippen MR) is 90.9 cm³/mol. The Morgan fingerprint density at radius 1 is 0.913 bits per heavy atom. The molecule has 1 aromatic rings. The van der Waals surface area contributed by atoms with Crippen molar-refractivity contribution in [2.75, 3.05) is 13.2 Å². The normalized spacial score (nSPS) is 25.4. The molecule has 3 rings (SSSR count). The lowest BCUT2D eigenvalue weighted by Crippen LogP contribution is -2.22. The molecule has 2 heterocycles. The Bertz CT molecular complexity index is 482. The zero-order chi connectivity index (χ0) is 15.9. The van der Waals surface area contributed by atoms with Crippen LogP contribution >= 0.6 is 15.9 Å². The predicted octanol–water partition coefficient (Wildman–Crippen LogP) is 4.54. The van der Waals surface area contributed by atoms with Crippen molar-refractivity contribution in [3.8, 4) is 0 Å². The van der Waals surface area contributed by atoms with Crippen LogP contribution in [0.2, 0.25) is 0 Å². The first-order valence-electron chi connectivity index (χ1n) is 8.55.